The first-order valence-corrected chi connectivity index (χ1v) is 7.04. The Morgan fingerprint density at radius 2 is 1.95 bits per heavy atom. The molecule has 0 unspecified atom stereocenters. The lowest BCUT2D eigenvalue weighted by molar-refractivity contribution is -0.125. The molecule has 21 heavy (non-hydrogen) atoms. The molecule has 1 heterocycles. The number of hydrogen-bond donors (Lipinski definition) is 1. The van der Waals surface area contributed by atoms with Gasteiger partial charge in [0.15, 0.2) is 6.10 Å². The summed E-state index contributed by atoms with van der Waals surface area (Å²) < 4.78 is 5.62. The lowest BCUT2D eigenvalue weighted by Gasteiger charge is -2.33. The molecule has 2 N–H and O–H groups in total. The van der Waals surface area contributed by atoms with E-state index in [1.165, 1.54) is 0 Å². The number of fused-ring (bicyclic) bond motifs is 1. The summed E-state index contributed by atoms with van der Waals surface area (Å²) in [5.41, 5.74) is 8.12. The number of nitrogens with two attached hydrogens (primary N) is 1. The molecule has 108 valence electrons. The van der Waals surface area contributed by atoms with Crippen LogP contribution in [0.3, 0.4) is 0 Å². The zero-order valence-corrected chi connectivity index (χ0v) is 12.3. The summed E-state index contributed by atoms with van der Waals surface area (Å²) >= 11 is 5.89. The largest absolute Gasteiger partial charge is 0.479 e. The van der Waals surface area contributed by atoms with Gasteiger partial charge in [0.25, 0.3) is 5.91 Å². The van der Waals surface area contributed by atoms with Gasteiger partial charge in [0.2, 0.25) is 0 Å². The van der Waals surface area contributed by atoms with E-state index in [0.717, 1.165) is 5.56 Å². The molecule has 2 aromatic rings. The van der Waals surface area contributed by atoms with Gasteiger partial charge in [-0.15, -0.1) is 0 Å². The molecule has 0 aliphatic carbocycles. The first kappa shape index (κ1) is 13.8. The third-order valence-electron chi connectivity index (χ3n) is 3.45. The van der Waals surface area contributed by atoms with Gasteiger partial charge < -0.3 is 15.4 Å². The van der Waals surface area contributed by atoms with Crippen LogP contribution < -0.4 is 15.4 Å². The highest BCUT2D eigenvalue weighted by atomic mass is 35.5. The van der Waals surface area contributed by atoms with Crippen LogP contribution in [0.2, 0.25) is 5.02 Å². The second-order valence-corrected chi connectivity index (χ2v) is 5.47. The van der Waals surface area contributed by atoms with Gasteiger partial charge in [0.05, 0.1) is 12.2 Å². The molecule has 0 saturated carbocycles. The second kappa shape index (κ2) is 5.30. The van der Waals surface area contributed by atoms with Crippen LogP contribution >= 0.6 is 11.6 Å². The monoisotopic (exact) mass is 302 g/mol. The van der Waals surface area contributed by atoms with Gasteiger partial charge in [0.1, 0.15) is 5.75 Å². The Kier molecular flexibility index (Phi) is 3.47. The first-order chi connectivity index (χ1) is 10.0. The molecule has 1 aliphatic rings. The topological polar surface area (TPSA) is 55.6 Å². The number of ether oxygens (including phenoxy) is 1. The van der Waals surface area contributed by atoms with Crippen molar-refractivity contribution in [1.82, 2.24) is 0 Å². The smallest absolute Gasteiger partial charge is 0.268 e. The molecule has 0 saturated heterocycles. The molecule has 0 spiro atoms. The Morgan fingerprint density at radius 3 is 2.67 bits per heavy atom. The van der Waals surface area contributed by atoms with Crippen LogP contribution in [0.25, 0.3) is 0 Å². The Labute approximate surface area is 128 Å². The number of hydrogen-bond acceptors (Lipinski definition) is 3. The predicted molar refractivity (Wildman–Crippen MR) is 83.6 cm³/mol. The molecule has 0 radical (unpaired) electrons. The maximum Gasteiger partial charge on any atom is 0.268 e. The van der Waals surface area contributed by atoms with E-state index < -0.39 is 6.10 Å². The third kappa shape index (κ3) is 2.67. The van der Waals surface area contributed by atoms with Crippen molar-refractivity contribution in [3.63, 3.8) is 0 Å². The molecule has 1 atom stereocenters. The lowest BCUT2D eigenvalue weighted by Crippen LogP contribution is -2.44. The van der Waals surface area contributed by atoms with Gasteiger partial charge in [0, 0.05) is 10.7 Å². The molecule has 4 nitrogen and oxygen atoms in total. The van der Waals surface area contributed by atoms with E-state index in [1.54, 1.807) is 30.0 Å². The quantitative estimate of drug-likeness (QED) is 0.867. The van der Waals surface area contributed by atoms with Crippen molar-refractivity contribution in [1.29, 1.82) is 0 Å². The van der Waals surface area contributed by atoms with Crippen LogP contribution in [0.5, 0.6) is 5.75 Å². The molecule has 2 aromatic carbocycles. The number of amides is 1. The molecule has 3 rings (SSSR count). The van der Waals surface area contributed by atoms with Crippen molar-refractivity contribution in [2.45, 2.75) is 19.6 Å². The predicted octanol–water partition coefficient (Wildman–Crippen LogP) is 3.24. The summed E-state index contributed by atoms with van der Waals surface area (Å²) in [6.07, 6.45) is -0.506. The van der Waals surface area contributed by atoms with E-state index in [2.05, 4.69) is 0 Å². The maximum atomic E-state index is 12.4. The SMILES string of the molecule is C[C@@H]1Oc2ccc(N)cc2N(Cc2ccc(Cl)cc2)C1=O. The Morgan fingerprint density at radius 1 is 1.24 bits per heavy atom. The Bertz CT molecular complexity index is 685. The van der Waals surface area contributed by atoms with Crippen molar-refractivity contribution in [3.8, 4) is 5.75 Å². The van der Waals surface area contributed by atoms with Crippen LogP contribution in [0.4, 0.5) is 11.4 Å². The van der Waals surface area contributed by atoms with Gasteiger partial charge in [-0.1, -0.05) is 23.7 Å². The minimum absolute atomic E-state index is 0.0805. The van der Waals surface area contributed by atoms with Crippen LogP contribution in [-0.2, 0) is 11.3 Å². The Balaban J connectivity index is 1.98. The van der Waals surface area contributed by atoms with Crippen molar-refractivity contribution in [2.75, 3.05) is 10.6 Å². The normalized spacial score (nSPS) is 17.3. The average Bonchev–Trinajstić information content (AvgIpc) is 2.47. The number of rotatable bonds is 2. The van der Waals surface area contributed by atoms with Crippen molar-refractivity contribution >= 4 is 28.9 Å². The molecular weight excluding hydrogens is 288 g/mol. The molecular formula is C16H15ClN2O2. The highest BCUT2D eigenvalue weighted by Crippen LogP contribution is 2.36. The molecule has 0 aromatic heterocycles. The maximum absolute atomic E-state index is 12.4. The second-order valence-electron chi connectivity index (χ2n) is 5.04. The summed E-state index contributed by atoms with van der Waals surface area (Å²) in [6.45, 7) is 2.21. The summed E-state index contributed by atoms with van der Waals surface area (Å²) in [5, 5.41) is 0.671. The molecule has 1 amide bonds. The number of carbonyl (C=O) groups is 1. The molecule has 0 fully saturated rings. The van der Waals surface area contributed by atoms with Gasteiger partial charge in [-0.3, -0.25) is 4.79 Å². The average molecular weight is 303 g/mol. The number of anilines is 2. The summed E-state index contributed by atoms with van der Waals surface area (Å²) in [5.74, 6) is 0.591. The van der Waals surface area contributed by atoms with E-state index >= 15 is 0 Å². The van der Waals surface area contributed by atoms with E-state index in [1.807, 2.05) is 24.3 Å². The van der Waals surface area contributed by atoms with E-state index in [-0.39, 0.29) is 5.91 Å². The van der Waals surface area contributed by atoms with Gasteiger partial charge >= 0.3 is 0 Å². The highest BCUT2D eigenvalue weighted by molar-refractivity contribution is 6.30. The zero-order valence-electron chi connectivity index (χ0n) is 11.5. The van der Waals surface area contributed by atoms with Gasteiger partial charge in [-0.25, -0.2) is 0 Å². The Hall–Kier alpha value is -2.20. The van der Waals surface area contributed by atoms with Crippen LogP contribution in [0.15, 0.2) is 42.5 Å². The molecule has 5 heteroatoms. The number of nitrogens with zero attached hydrogens (tertiary/aromatic N) is 1. The number of halogens is 1. The van der Waals surface area contributed by atoms with Crippen LogP contribution in [-0.4, -0.2) is 12.0 Å². The number of nitrogen functional groups attached to an aromatic ring is 1. The van der Waals surface area contributed by atoms with Crippen LogP contribution in [0, 0.1) is 0 Å². The van der Waals surface area contributed by atoms with Crippen molar-refractivity contribution in [3.05, 3.63) is 53.1 Å². The zero-order chi connectivity index (χ0) is 15.0. The summed E-state index contributed by atoms with van der Waals surface area (Å²) in [6, 6.07) is 12.7. The van der Waals surface area contributed by atoms with Crippen molar-refractivity contribution in [2.24, 2.45) is 0 Å². The molecule has 1 aliphatic heterocycles. The highest BCUT2D eigenvalue weighted by Gasteiger charge is 2.31. The summed E-state index contributed by atoms with van der Waals surface area (Å²) in [7, 11) is 0. The number of carbonyl (C=O) groups excluding carboxylic acids is 1. The fraction of sp³-hybridized carbons (Fsp3) is 0.188. The minimum atomic E-state index is -0.506. The number of benzene rings is 2. The van der Waals surface area contributed by atoms with Crippen LogP contribution in [0.1, 0.15) is 12.5 Å². The fourth-order valence-corrected chi connectivity index (χ4v) is 2.49. The minimum Gasteiger partial charge on any atom is -0.479 e. The summed E-state index contributed by atoms with van der Waals surface area (Å²) in [4.78, 5) is 14.1. The third-order valence-corrected chi connectivity index (χ3v) is 3.70. The van der Waals surface area contributed by atoms with E-state index in [0.29, 0.717) is 28.7 Å². The standard InChI is InChI=1S/C16H15ClN2O2/c1-10-16(20)19(9-11-2-4-12(17)5-3-11)14-8-13(18)6-7-15(14)21-10/h2-8,10H,9,18H2,1H3/t10-/m0/s1. The molecule has 0 bridgehead atoms. The lowest BCUT2D eigenvalue weighted by atomic mass is 10.1. The van der Waals surface area contributed by atoms with Gasteiger partial charge in [-0.05, 0) is 42.8 Å². The fourth-order valence-electron chi connectivity index (χ4n) is 2.36. The van der Waals surface area contributed by atoms with E-state index in [9.17, 15) is 4.79 Å². The van der Waals surface area contributed by atoms with Crippen molar-refractivity contribution < 1.29 is 9.53 Å². The van der Waals surface area contributed by atoms with Gasteiger partial charge in [-0.2, -0.15) is 0 Å². The first-order valence-electron chi connectivity index (χ1n) is 6.66. The van der Waals surface area contributed by atoms with E-state index in [4.69, 9.17) is 22.1 Å².